The fraction of sp³-hybridized carbons (Fsp3) is 0.227. The maximum atomic E-state index is 6.23. The third kappa shape index (κ3) is 3.42. The quantitative estimate of drug-likeness (QED) is 0.523. The van der Waals surface area contributed by atoms with E-state index in [0.717, 1.165) is 35.6 Å². The number of ether oxygens (including phenoxy) is 2. The second-order valence-corrected chi connectivity index (χ2v) is 7.22. The molecule has 0 radical (unpaired) electrons. The van der Waals surface area contributed by atoms with Gasteiger partial charge in [0.2, 0.25) is 5.95 Å². The average Bonchev–Trinajstić information content (AvgIpc) is 3.38. The van der Waals surface area contributed by atoms with Crippen LogP contribution in [0, 0.1) is 0 Å². The van der Waals surface area contributed by atoms with Crippen molar-refractivity contribution in [1.82, 2.24) is 19.7 Å². The van der Waals surface area contributed by atoms with Gasteiger partial charge in [-0.25, -0.2) is 4.68 Å². The highest BCUT2D eigenvalue weighted by molar-refractivity contribution is 5.89. The van der Waals surface area contributed by atoms with Crippen molar-refractivity contribution in [2.75, 3.05) is 18.1 Å². The van der Waals surface area contributed by atoms with E-state index in [1.807, 2.05) is 54.6 Å². The SMILES string of the molecule is Nc1nc(N)c2c(Cc3ccccc3Oc3ccccc3)nn(C3CCCO3)c2n1. The first-order valence-corrected chi connectivity index (χ1v) is 9.91. The smallest absolute Gasteiger partial charge is 0.224 e. The molecule has 1 unspecified atom stereocenters. The van der Waals surface area contributed by atoms with Crippen molar-refractivity contribution in [1.29, 1.82) is 0 Å². The summed E-state index contributed by atoms with van der Waals surface area (Å²) in [5.41, 5.74) is 14.4. The number of nitrogens with two attached hydrogens (primary N) is 2. The van der Waals surface area contributed by atoms with Crippen LogP contribution in [0.2, 0.25) is 0 Å². The van der Waals surface area contributed by atoms with Gasteiger partial charge in [-0.1, -0.05) is 36.4 Å². The van der Waals surface area contributed by atoms with E-state index in [1.54, 1.807) is 4.68 Å². The summed E-state index contributed by atoms with van der Waals surface area (Å²) in [6.45, 7) is 0.700. The van der Waals surface area contributed by atoms with Crippen molar-refractivity contribution < 1.29 is 9.47 Å². The Morgan fingerprint density at radius 3 is 2.63 bits per heavy atom. The summed E-state index contributed by atoms with van der Waals surface area (Å²) in [4.78, 5) is 8.56. The predicted molar refractivity (Wildman–Crippen MR) is 114 cm³/mol. The first-order chi connectivity index (χ1) is 14.7. The molecule has 2 aromatic carbocycles. The van der Waals surface area contributed by atoms with Crippen LogP contribution in [-0.4, -0.2) is 26.4 Å². The zero-order chi connectivity index (χ0) is 20.5. The van der Waals surface area contributed by atoms with Crippen LogP contribution in [0.25, 0.3) is 11.0 Å². The molecule has 0 bridgehead atoms. The number of fused-ring (bicyclic) bond motifs is 1. The number of hydrogen-bond donors (Lipinski definition) is 2. The fourth-order valence-corrected chi connectivity index (χ4v) is 3.78. The van der Waals surface area contributed by atoms with E-state index in [4.69, 9.17) is 26.0 Å². The highest BCUT2D eigenvalue weighted by Crippen LogP contribution is 2.33. The van der Waals surface area contributed by atoms with Gasteiger partial charge in [0.05, 0.1) is 11.1 Å². The molecular weight excluding hydrogens is 380 g/mol. The van der Waals surface area contributed by atoms with Crippen molar-refractivity contribution in [3.63, 3.8) is 0 Å². The molecule has 1 aliphatic rings. The molecule has 0 aliphatic carbocycles. The minimum atomic E-state index is -0.175. The van der Waals surface area contributed by atoms with E-state index in [2.05, 4.69) is 9.97 Å². The van der Waals surface area contributed by atoms with Gasteiger partial charge in [0, 0.05) is 18.6 Å². The maximum Gasteiger partial charge on any atom is 0.224 e. The average molecular weight is 402 g/mol. The topological polar surface area (TPSA) is 114 Å². The molecule has 1 fully saturated rings. The van der Waals surface area contributed by atoms with Gasteiger partial charge in [0.25, 0.3) is 0 Å². The van der Waals surface area contributed by atoms with Gasteiger partial charge in [-0.3, -0.25) is 0 Å². The Balaban J connectivity index is 1.56. The van der Waals surface area contributed by atoms with E-state index < -0.39 is 0 Å². The Bertz CT molecular complexity index is 1190. The second kappa shape index (κ2) is 7.64. The van der Waals surface area contributed by atoms with E-state index in [0.29, 0.717) is 29.9 Å². The fourth-order valence-electron chi connectivity index (χ4n) is 3.78. The van der Waals surface area contributed by atoms with E-state index in [1.165, 1.54) is 0 Å². The zero-order valence-corrected chi connectivity index (χ0v) is 16.4. The third-order valence-electron chi connectivity index (χ3n) is 5.15. The Labute approximate surface area is 173 Å². The number of nitrogens with zero attached hydrogens (tertiary/aromatic N) is 4. The van der Waals surface area contributed by atoms with Crippen LogP contribution in [0.15, 0.2) is 54.6 Å². The summed E-state index contributed by atoms with van der Waals surface area (Å²) in [7, 11) is 0. The molecule has 8 nitrogen and oxygen atoms in total. The van der Waals surface area contributed by atoms with Gasteiger partial charge in [0.1, 0.15) is 17.3 Å². The van der Waals surface area contributed by atoms with Crippen molar-refractivity contribution in [2.45, 2.75) is 25.5 Å². The van der Waals surface area contributed by atoms with Gasteiger partial charge in [-0.15, -0.1) is 0 Å². The Morgan fingerprint density at radius 2 is 1.83 bits per heavy atom. The third-order valence-corrected chi connectivity index (χ3v) is 5.15. The van der Waals surface area contributed by atoms with E-state index in [-0.39, 0.29) is 12.2 Å². The first kappa shape index (κ1) is 18.4. The molecule has 152 valence electrons. The summed E-state index contributed by atoms with van der Waals surface area (Å²) < 4.78 is 13.7. The monoisotopic (exact) mass is 402 g/mol. The standard InChI is InChI=1S/C22H22N6O2/c23-20-19-16(27-28(18-11-6-12-29-18)21(19)26-22(24)25-20)13-14-7-4-5-10-17(14)30-15-8-2-1-3-9-15/h1-5,7-10,18H,6,11-13H2,(H4,23,24,25,26). The zero-order valence-electron chi connectivity index (χ0n) is 16.4. The molecule has 1 aliphatic heterocycles. The predicted octanol–water partition coefficient (Wildman–Crippen LogP) is 3.68. The van der Waals surface area contributed by atoms with Crippen LogP contribution in [0.4, 0.5) is 11.8 Å². The first-order valence-electron chi connectivity index (χ1n) is 9.91. The van der Waals surface area contributed by atoms with E-state index in [9.17, 15) is 0 Å². The van der Waals surface area contributed by atoms with Gasteiger partial charge in [-0.2, -0.15) is 15.1 Å². The molecule has 2 aromatic heterocycles. The molecule has 4 N–H and O–H groups in total. The lowest BCUT2D eigenvalue weighted by Crippen LogP contribution is -2.11. The largest absolute Gasteiger partial charge is 0.457 e. The van der Waals surface area contributed by atoms with Crippen LogP contribution >= 0.6 is 0 Å². The minimum Gasteiger partial charge on any atom is -0.457 e. The molecule has 1 atom stereocenters. The molecule has 0 spiro atoms. The highest BCUT2D eigenvalue weighted by Gasteiger charge is 2.25. The molecule has 5 rings (SSSR count). The van der Waals surface area contributed by atoms with Crippen molar-refractivity contribution in [3.05, 3.63) is 65.9 Å². The summed E-state index contributed by atoms with van der Waals surface area (Å²) in [6.07, 6.45) is 2.18. The number of para-hydroxylation sites is 2. The molecule has 8 heteroatoms. The van der Waals surface area contributed by atoms with Crippen LogP contribution in [0.5, 0.6) is 11.5 Å². The number of nitrogen functional groups attached to an aromatic ring is 2. The maximum absolute atomic E-state index is 6.23. The van der Waals surface area contributed by atoms with Gasteiger partial charge >= 0.3 is 0 Å². The molecule has 30 heavy (non-hydrogen) atoms. The van der Waals surface area contributed by atoms with Crippen LogP contribution in [0.3, 0.4) is 0 Å². The number of aromatic nitrogens is 4. The van der Waals surface area contributed by atoms with Gasteiger partial charge in [0.15, 0.2) is 11.9 Å². The summed E-state index contributed by atoms with van der Waals surface area (Å²) in [5.74, 6) is 1.98. The van der Waals surface area contributed by atoms with Crippen molar-refractivity contribution in [2.24, 2.45) is 0 Å². The van der Waals surface area contributed by atoms with Crippen LogP contribution in [0.1, 0.15) is 30.3 Å². The minimum absolute atomic E-state index is 0.124. The normalized spacial score (nSPS) is 16.2. The van der Waals surface area contributed by atoms with Crippen LogP contribution < -0.4 is 16.2 Å². The molecule has 4 aromatic rings. The van der Waals surface area contributed by atoms with Gasteiger partial charge < -0.3 is 20.9 Å². The Morgan fingerprint density at radius 1 is 1.03 bits per heavy atom. The molecular formula is C22H22N6O2. The molecule has 1 saturated heterocycles. The Kier molecular flexibility index (Phi) is 4.68. The highest BCUT2D eigenvalue weighted by atomic mass is 16.5. The lowest BCUT2D eigenvalue weighted by atomic mass is 10.1. The Hall–Kier alpha value is -3.65. The second-order valence-electron chi connectivity index (χ2n) is 7.22. The number of rotatable bonds is 5. The summed E-state index contributed by atoms with van der Waals surface area (Å²) >= 11 is 0. The molecule has 0 amide bonds. The number of hydrogen-bond acceptors (Lipinski definition) is 7. The van der Waals surface area contributed by atoms with Crippen molar-refractivity contribution >= 4 is 22.8 Å². The van der Waals surface area contributed by atoms with Crippen molar-refractivity contribution in [3.8, 4) is 11.5 Å². The number of anilines is 2. The lowest BCUT2D eigenvalue weighted by molar-refractivity contribution is 0.0496. The van der Waals surface area contributed by atoms with Gasteiger partial charge in [-0.05, 0) is 31.0 Å². The van der Waals surface area contributed by atoms with E-state index >= 15 is 0 Å². The summed E-state index contributed by atoms with van der Waals surface area (Å²) in [6, 6.07) is 17.6. The lowest BCUT2D eigenvalue weighted by Gasteiger charge is -2.11. The number of benzene rings is 2. The molecule has 0 saturated carbocycles. The molecule has 3 heterocycles. The summed E-state index contributed by atoms with van der Waals surface area (Å²) in [5, 5.41) is 5.52. The van der Waals surface area contributed by atoms with Crippen LogP contribution in [-0.2, 0) is 11.2 Å².